The van der Waals surface area contributed by atoms with Crippen molar-refractivity contribution in [3.05, 3.63) is 82.9 Å². The van der Waals surface area contributed by atoms with Crippen LogP contribution in [0, 0.1) is 0 Å². The fourth-order valence-corrected chi connectivity index (χ4v) is 4.21. The van der Waals surface area contributed by atoms with Gasteiger partial charge in [0.05, 0.1) is 32.2 Å². The lowest BCUT2D eigenvalue weighted by Crippen LogP contribution is -2.31. The molecule has 0 spiro atoms. The van der Waals surface area contributed by atoms with Crippen molar-refractivity contribution in [3.63, 3.8) is 0 Å². The van der Waals surface area contributed by atoms with Crippen molar-refractivity contribution in [2.24, 2.45) is 0 Å². The molecule has 1 aliphatic heterocycles. The van der Waals surface area contributed by atoms with Gasteiger partial charge in [0.2, 0.25) is 0 Å². The summed E-state index contributed by atoms with van der Waals surface area (Å²) in [6.07, 6.45) is 5.79. The van der Waals surface area contributed by atoms with Crippen molar-refractivity contribution in [3.8, 4) is 11.5 Å². The Kier molecular flexibility index (Phi) is 6.88. The van der Waals surface area contributed by atoms with E-state index in [4.69, 9.17) is 21.1 Å². The van der Waals surface area contributed by atoms with Crippen molar-refractivity contribution in [2.75, 3.05) is 20.8 Å². The zero-order chi connectivity index (χ0) is 24.2. The van der Waals surface area contributed by atoms with Crippen LogP contribution in [0.25, 0.3) is 5.76 Å². The number of carbonyl (C=O) groups is 2. The molecule has 0 radical (unpaired) electrons. The van der Waals surface area contributed by atoms with E-state index in [9.17, 15) is 14.7 Å². The Morgan fingerprint density at radius 3 is 2.50 bits per heavy atom. The Balaban J connectivity index is 1.79. The summed E-state index contributed by atoms with van der Waals surface area (Å²) in [6, 6.07) is 10.8. The molecule has 1 amide bonds. The summed E-state index contributed by atoms with van der Waals surface area (Å²) in [5.41, 5.74) is 0.956. The molecule has 1 N–H and O–H groups in total. The van der Waals surface area contributed by atoms with Crippen molar-refractivity contribution >= 4 is 29.1 Å². The van der Waals surface area contributed by atoms with Crippen molar-refractivity contribution in [1.82, 2.24) is 14.5 Å². The maximum absolute atomic E-state index is 13.2. The lowest BCUT2D eigenvalue weighted by atomic mass is 9.94. The van der Waals surface area contributed by atoms with Crippen LogP contribution in [0.15, 0.2) is 66.8 Å². The summed E-state index contributed by atoms with van der Waals surface area (Å²) >= 11 is 5.98. The number of aliphatic hydroxyl groups excluding tert-OH is 1. The number of methoxy groups -OCH3 is 2. The number of hydrogen-bond donors (Lipinski definition) is 1. The van der Waals surface area contributed by atoms with E-state index in [2.05, 4.69) is 4.98 Å². The zero-order valence-electron chi connectivity index (χ0n) is 18.8. The monoisotopic (exact) mass is 481 g/mol. The Morgan fingerprint density at radius 1 is 1.09 bits per heavy atom. The molecule has 0 aliphatic carbocycles. The van der Waals surface area contributed by atoms with Gasteiger partial charge in [-0.15, -0.1) is 0 Å². The van der Waals surface area contributed by atoms with Gasteiger partial charge >= 0.3 is 0 Å². The number of nitrogens with zero attached hydrogens (tertiary/aromatic N) is 3. The number of likely N-dealkylation sites (tertiary alicyclic amines) is 1. The Morgan fingerprint density at radius 2 is 1.85 bits per heavy atom. The summed E-state index contributed by atoms with van der Waals surface area (Å²) in [4.78, 5) is 31.8. The minimum atomic E-state index is -0.834. The molecule has 176 valence electrons. The molecule has 1 saturated heterocycles. The van der Waals surface area contributed by atoms with Gasteiger partial charge in [0.15, 0.2) is 0 Å². The van der Waals surface area contributed by atoms with Gasteiger partial charge in [-0.25, -0.2) is 4.98 Å². The van der Waals surface area contributed by atoms with Crippen LogP contribution >= 0.6 is 11.6 Å². The van der Waals surface area contributed by atoms with Gasteiger partial charge in [0, 0.05) is 47.7 Å². The van der Waals surface area contributed by atoms with Gasteiger partial charge in [-0.05, 0) is 42.8 Å². The summed E-state index contributed by atoms with van der Waals surface area (Å²) in [6.45, 7) is 0.909. The van der Waals surface area contributed by atoms with Crippen LogP contribution in [-0.4, -0.2) is 52.0 Å². The molecule has 3 aromatic rings. The number of ketones is 1. The number of Topliss-reactive ketones (excluding diaryl/α,β-unsaturated/α-hetero) is 1. The number of halogens is 1. The van der Waals surface area contributed by atoms with Gasteiger partial charge in [-0.3, -0.25) is 9.59 Å². The Labute approximate surface area is 202 Å². The number of benzene rings is 2. The van der Waals surface area contributed by atoms with Crippen LogP contribution in [0.2, 0.25) is 5.02 Å². The minimum absolute atomic E-state index is 0.00146. The first-order chi connectivity index (χ1) is 16.4. The molecule has 2 aromatic carbocycles. The van der Waals surface area contributed by atoms with Crippen LogP contribution in [0.1, 0.15) is 23.6 Å². The van der Waals surface area contributed by atoms with Crippen molar-refractivity contribution < 1.29 is 24.2 Å². The quantitative estimate of drug-likeness (QED) is 0.296. The van der Waals surface area contributed by atoms with Crippen LogP contribution in [0.5, 0.6) is 11.5 Å². The van der Waals surface area contributed by atoms with E-state index in [1.165, 1.54) is 19.1 Å². The molecule has 1 aromatic heterocycles. The molecule has 0 saturated carbocycles. The van der Waals surface area contributed by atoms with Gasteiger partial charge in [0.1, 0.15) is 17.3 Å². The second-order valence-electron chi connectivity index (χ2n) is 7.76. The molecule has 34 heavy (non-hydrogen) atoms. The number of aromatic nitrogens is 2. The first-order valence-corrected chi connectivity index (χ1v) is 11.0. The van der Waals surface area contributed by atoms with Gasteiger partial charge in [-0.1, -0.05) is 11.6 Å². The fourth-order valence-electron chi connectivity index (χ4n) is 4.08. The molecular weight excluding hydrogens is 458 g/mol. The lowest BCUT2D eigenvalue weighted by Gasteiger charge is -2.27. The normalized spacial score (nSPS) is 17.3. The number of hydrogen-bond acceptors (Lipinski definition) is 6. The highest BCUT2D eigenvalue weighted by molar-refractivity contribution is 6.46. The van der Waals surface area contributed by atoms with Crippen LogP contribution < -0.4 is 9.47 Å². The largest absolute Gasteiger partial charge is 0.507 e. The number of aryl methyl sites for hydroxylation is 1. The molecule has 8 nitrogen and oxygen atoms in total. The van der Waals surface area contributed by atoms with Crippen molar-refractivity contribution in [1.29, 1.82) is 0 Å². The Bertz CT molecular complexity index is 1220. The van der Waals surface area contributed by atoms with E-state index in [0.717, 1.165) is 0 Å². The topological polar surface area (TPSA) is 93.9 Å². The first kappa shape index (κ1) is 23.4. The number of imidazole rings is 1. The predicted octanol–water partition coefficient (Wildman–Crippen LogP) is 4.07. The second kappa shape index (κ2) is 10.0. The highest BCUT2D eigenvalue weighted by Crippen LogP contribution is 2.43. The van der Waals surface area contributed by atoms with Gasteiger partial charge in [-0.2, -0.15) is 0 Å². The van der Waals surface area contributed by atoms with E-state index in [1.807, 2.05) is 10.8 Å². The minimum Gasteiger partial charge on any atom is -0.507 e. The molecular formula is C25H24ClN3O5. The van der Waals surface area contributed by atoms with Gasteiger partial charge in [0.25, 0.3) is 11.7 Å². The van der Waals surface area contributed by atoms with Crippen LogP contribution in [-0.2, 0) is 16.1 Å². The summed E-state index contributed by atoms with van der Waals surface area (Å²) in [7, 11) is 3.04. The number of ether oxygens (including phenoxy) is 2. The molecule has 2 heterocycles. The molecule has 1 fully saturated rings. The number of carbonyl (C=O) groups excluding carboxylic acids is 2. The highest BCUT2D eigenvalue weighted by atomic mass is 35.5. The van der Waals surface area contributed by atoms with Crippen molar-refractivity contribution in [2.45, 2.75) is 19.0 Å². The Hall–Kier alpha value is -3.78. The smallest absolute Gasteiger partial charge is 0.295 e. The van der Waals surface area contributed by atoms with E-state index >= 15 is 0 Å². The standard InChI is InChI=1S/C25H24ClN3O5/c1-33-18-8-9-19(20(14-18)34-2)22-21(23(30)16-4-6-17(26)7-5-16)24(31)25(32)29(22)12-3-11-28-13-10-27-15-28/h4-10,13-15,22,30H,3,11-12H2,1-2H3/b23-21+/t22-/m0/s1. The fraction of sp³-hybridized carbons (Fsp3) is 0.240. The van der Waals surface area contributed by atoms with E-state index < -0.39 is 17.7 Å². The summed E-state index contributed by atoms with van der Waals surface area (Å²) in [5.74, 6) is -0.694. The molecule has 1 aliphatic rings. The van der Waals surface area contributed by atoms with E-state index in [1.54, 1.807) is 55.0 Å². The predicted molar refractivity (Wildman–Crippen MR) is 127 cm³/mol. The maximum atomic E-state index is 13.2. The average molecular weight is 482 g/mol. The molecule has 4 rings (SSSR count). The van der Waals surface area contributed by atoms with E-state index in [0.29, 0.717) is 47.2 Å². The summed E-state index contributed by atoms with van der Waals surface area (Å²) in [5, 5.41) is 11.6. The molecule has 9 heteroatoms. The molecule has 0 unspecified atom stereocenters. The third kappa shape index (κ3) is 4.49. The number of aliphatic hydroxyl groups is 1. The van der Waals surface area contributed by atoms with Gasteiger partial charge < -0.3 is 24.0 Å². The number of rotatable bonds is 8. The summed E-state index contributed by atoms with van der Waals surface area (Å²) < 4.78 is 12.8. The lowest BCUT2D eigenvalue weighted by molar-refractivity contribution is -0.140. The molecule has 1 atom stereocenters. The third-order valence-electron chi connectivity index (χ3n) is 5.77. The molecule has 0 bridgehead atoms. The number of amides is 1. The SMILES string of the molecule is COc1ccc([C@H]2/C(=C(\O)c3ccc(Cl)cc3)C(=O)C(=O)N2CCCn2ccnc2)c(OC)c1. The average Bonchev–Trinajstić information content (AvgIpc) is 3.46. The van der Waals surface area contributed by atoms with E-state index in [-0.39, 0.29) is 11.3 Å². The van der Waals surface area contributed by atoms with Crippen LogP contribution in [0.3, 0.4) is 0 Å². The maximum Gasteiger partial charge on any atom is 0.295 e. The first-order valence-electron chi connectivity index (χ1n) is 10.7. The third-order valence-corrected chi connectivity index (χ3v) is 6.02. The van der Waals surface area contributed by atoms with Crippen LogP contribution in [0.4, 0.5) is 0 Å². The zero-order valence-corrected chi connectivity index (χ0v) is 19.5. The second-order valence-corrected chi connectivity index (χ2v) is 8.20. The highest BCUT2D eigenvalue weighted by Gasteiger charge is 2.46.